The number of hydrogen-bond donors (Lipinski definition) is 1. The van der Waals surface area contributed by atoms with Crippen LogP contribution in [0.1, 0.15) is 12.6 Å². The summed E-state index contributed by atoms with van der Waals surface area (Å²) >= 11 is 5.55. The van der Waals surface area contributed by atoms with E-state index in [2.05, 4.69) is 9.98 Å². The van der Waals surface area contributed by atoms with Crippen molar-refractivity contribution in [1.29, 1.82) is 0 Å². The molecular weight excluding hydrogens is 330 g/mol. The summed E-state index contributed by atoms with van der Waals surface area (Å²) in [7, 11) is 0. The fourth-order valence-corrected chi connectivity index (χ4v) is 3.25. The van der Waals surface area contributed by atoms with Gasteiger partial charge in [-0.25, -0.2) is 0 Å². The number of nitrogens with one attached hydrogen (secondary N) is 1. The van der Waals surface area contributed by atoms with Crippen LogP contribution in [0.2, 0.25) is 0 Å². The standard InChI is InChI=1S/C20H17N3OS/c1-2-24-15-7-5-14(6-8-15)23-18(9-10-19(23)25)20-16(11-13-22-20)17-4-3-12-21-17/h3-13,21H,2H2,1H3. The van der Waals surface area contributed by atoms with Crippen LogP contribution in [-0.2, 0) is 0 Å². The van der Waals surface area contributed by atoms with Crippen molar-refractivity contribution in [2.24, 2.45) is 4.99 Å². The molecule has 1 N–H and O–H groups in total. The van der Waals surface area contributed by atoms with Crippen LogP contribution in [0.25, 0.3) is 5.57 Å². The van der Waals surface area contributed by atoms with Gasteiger partial charge in [0.05, 0.1) is 18.0 Å². The van der Waals surface area contributed by atoms with Gasteiger partial charge < -0.3 is 9.72 Å². The number of benzene rings is 1. The number of nitrogens with zero attached hydrogens (tertiary/aromatic N) is 2. The van der Waals surface area contributed by atoms with Crippen LogP contribution in [0.3, 0.4) is 0 Å². The van der Waals surface area contributed by atoms with Crippen LogP contribution in [0.4, 0.5) is 5.69 Å². The van der Waals surface area contributed by atoms with Crippen LogP contribution in [-0.4, -0.2) is 22.8 Å². The van der Waals surface area contributed by atoms with Gasteiger partial charge in [-0.05, 0) is 61.5 Å². The molecular formula is C20H17N3OS. The van der Waals surface area contributed by atoms with Gasteiger partial charge in [0, 0.05) is 29.4 Å². The third-order valence-electron chi connectivity index (χ3n) is 4.08. The van der Waals surface area contributed by atoms with Gasteiger partial charge in [-0.1, -0.05) is 12.2 Å². The van der Waals surface area contributed by atoms with E-state index in [0.717, 1.165) is 39.1 Å². The monoisotopic (exact) mass is 347 g/mol. The normalized spacial score (nSPS) is 19.0. The summed E-state index contributed by atoms with van der Waals surface area (Å²) in [5.41, 5.74) is 4.98. The Bertz CT molecular complexity index is 918. The predicted octanol–water partition coefficient (Wildman–Crippen LogP) is 4.50. The number of anilines is 1. The molecule has 0 saturated heterocycles. The predicted molar refractivity (Wildman–Crippen MR) is 106 cm³/mol. The lowest BCUT2D eigenvalue weighted by Gasteiger charge is -2.22. The van der Waals surface area contributed by atoms with Gasteiger partial charge in [0.25, 0.3) is 0 Å². The molecule has 0 bridgehead atoms. The fourth-order valence-electron chi connectivity index (χ4n) is 2.98. The molecule has 1 aromatic carbocycles. The average Bonchev–Trinajstić information content (AvgIpc) is 3.35. The van der Waals surface area contributed by atoms with E-state index in [4.69, 9.17) is 17.0 Å². The molecule has 1 aromatic heterocycles. The summed E-state index contributed by atoms with van der Waals surface area (Å²) in [5, 5.41) is 0. The van der Waals surface area contributed by atoms with Crippen molar-refractivity contribution >= 4 is 34.7 Å². The van der Waals surface area contributed by atoms with Gasteiger partial charge in [-0.2, -0.15) is 0 Å². The van der Waals surface area contributed by atoms with E-state index < -0.39 is 0 Å². The molecule has 0 unspecified atom stereocenters. The molecule has 2 aromatic rings. The van der Waals surface area contributed by atoms with Gasteiger partial charge in [-0.3, -0.25) is 9.89 Å². The van der Waals surface area contributed by atoms with Crippen LogP contribution >= 0.6 is 12.2 Å². The number of thiocarbonyl (C=S) groups is 1. The summed E-state index contributed by atoms with van der Waals surface area (Å²) in [4.78, 5) is 10.6. The Balaban J connectivity index is 1.74. The van der Waals surface area contributed by atoms with Crippen LogP contribution in [0, 0.1) is 0 Å². The first-order valence-corrected chi connectivity index (χ1v) is 8.56. The van der Waals surface area contributed by atoms with Crippen molar-refractivity contribution in [3.63, 3.8) is 0 Å². The molecule has 0 radical (unpaired) electrons. The highest BCUT2D eigenvalue weighted by molar-refractivity contribution is 7.81. The Morgan fingerprint density at radius 1 is 1.16 bits per heavy atom. The summed E-state index contributed by atoms with van der Waals surface area (Å²) in [6, 6.07) is 12.0. The van der Waals surface area contributed by atoms with E-state index >= 15 is 0 Å². The van der Waals surface area contributed by atoms with Gasteiger partial charge in [0.2, 0.25) is 0 Å². The molecule has 0 fully saturated rings. The lowest BCUT2D eigenvalue weighted by molar-refractivity contribution is 0.340. The van der Waals surface area contributed by atoms with E-state index in [0.29, 0.717) is 6.61 Å². The second-order valence-corrected chi connectivity index (χ2v) is 6.03. The van der Waals surface area contributed by atoms with Gasteiger partial charge in [0.15, 0.2) is 0 Å². The maximum absolute atomic E-state index is 5.55. The lowest BCUT2D eigenvalue weighted by Crippen LogP contribution is -2.22. The Labute approximate surface area is 151 Å². The maximum Gasteiger partial charge on any atom is 0.119 e. The van der Waals surface area contributed by atoms with Gasteiger partial charge in [0.1, 0.15) is 10.7 Å². The highest BCUT2D eigenvalue weighted by Crippen LogP contribution is 2.35. The third kappa shape index (κ3) is 2.83. The first-order chi connectivity index (χ1) is 12.3. The number of aliphatic imine (C=N–C) groups is 1. The molecule has 2 aliphatic rings. The van der Waals surface area contributed by atoms with Gasteiger partial charge in [-0.15, -0.1) is 0 Å². The smallest absolute Gasteiger partial charge is 0.119 e. The summed E-state index contributed by atoms with van der Waals surface area (Å²) in [5.74, 6) is 0.851. The minimum absolute atomic E-state index is 0.650. The minimum atomic E-state index is 0.650. The number of H-pyrrole nitrogens is 1. The van der Waals surface area contributed by atoms with Crippen molar-refractivity contribution in [3.8, 4) is 5.75 Å². The van der Waals surface area contributed by atoms with Crippen molar-refractivity contribution < 1.29 is 4.74 Å². The van der Waals surface area contributed by atoms with Crippen LogP contribution < -0.4 is 9.64 Å². The highest BCUT2D eigenvalue weighted by Gasteiger charge is 2.26. The Morgan fingerprint density at radius 3 is 2.72 bits per heavy atom. The second kappa shape index (κ2) is 6.53. The average molecular weight is 347 g/mol. The largest absolute Gasteiger partial charge is 0.494 e. The Kier molecular flexibility index (Phi) is 4.07. The topological polar surface area (TPSA) is 40.6 Å². The van der Waals surface area contributed by atoms with E-state index in [1.165, 1.54) is 0 Å². The molecule has 0 spiro atoms. The van der Waals surface area contributed by atoms with Crippen LogP contribution in [0.15, 0.2) is 77.2 Å². The lowest BCUT2D eigenvalue weighted by atomic mass is 10.1. The third-order valence-corrected chi connectivity index (χ3v) is 4.40. The zero-order chi connectivity index (χ0) is 17.2. The number of aromatic nitrogens is 1. The zero-order valence-corrected chi connectivity index (χ0v) is 14.6. The molecule has 0 aliphatic carbocycles. The summed E-state index contributed by atoms with van der Waals surface area (Å²) in [6.45, 7) is 2.62. The summed E-state index contributed by atoms with van der Waals surface area (Å²) in [6.07, 6.45) is 9.71. The molecule has 4 nitrogen and oxygen atoms in total. The number of rotatable bonds is 4. The van der Waals surface area contributed by atoms with Crippen molar-refractivity contribution in [2.45, 2.75) is 6.92 Å². The maximum atomic E-state index is 5.55. The quantitative estimate of drug-likeness (QED) is 0.828. The molecule has 124 valence electrons. The number of ether oxygens (including phenoxy) is 1. The second-order valence-electron chi connectivity index (χ2n) is 5.61. The molecule has 4 rings (SSSR count). The summed E-state index contributed by atoms with van der Waals surface area (Å²) < 4.78 is 5.53. The zero-order valence-electron chi connectivity index (χ0n) is 13.8. The van der Waals surface area contributed by atoms with Crippen molar-refractivity contribution in [1.82, 2.24) is 4.98 Å². The van der Waals surface area contributed by atoms with Crippen LogP contribution in [0.5, 0.6) is 5.75 Å². The molecule has 2 aliphatic heterocycles. The molecule has 0 saturated carbocycles. The van der Waals surface area contributed by atoms with E-state index in [1.54, 1.807) is 0 Å². The van der Waals surface area contributed by atoms with Crippen molar-refractivity contribution in [3.05, 3.63) is 77.9 Å². The van der Waals surface area contributed by atoms with E-state index in [1.807, 2.05) is 78.9 Å². The fraction of sp³-hybridized carbons (Fsp3) is 0.100. The molecule has 0 atom stereocenters. The Hall–Kier alpha value is -2.92. The minimum Gasteiger partial charge on any atom is -0.494 e. The molecule has 0 amide bonds. The molecule has 5 heteroatoms. The SMILES string of the molecule is CCOc1ccc(N2C(=S)C=CC2=C2N=CC=C2c2ccc[nH]2)cc1. The van der Waals surface area contributed by atoms with E-state index in [-0.39, 0.29) is 0 Å². The molecule has 3 heterocycles. The Morgan fingerprint density at radius 2 is 2.00 bits per heavy atom. The number of hydrogen-bond acceptors (Lipinski definition) is 3. The first kappa shape index (κ1) is 15.6. The number of aromatic amines is 1. The number of allylic oxidation sites excluding steroid dienone is 3. The van der Waals surface area contributed by atoms with Crippen molar-refractivity contribution in [2.75, 3.05) is 11.5 Å². The van der Waals surface area contributed by atoms with E-state index in [9.17, 15) is 0 Å². The van der Waals surface area contributed by atoms with Gasteiger partial charge >= 0.3 is 0 Å². The first-order valence-electron chi connectivity index (χ1n) is 8.15. The molecule has 25 heavy (non-hydrogen) atoms. The highest BCUT2D eigenvalue weighted by atomic mass is 32.1.